The van der Waals surface area contributed by atoms with Gasteiger partial charge in [0.15, 0.2) is 0 Å². The van der Waals surface area contributed by atoms with Crippen molar-refractivity contribution in [1.29, 1.82) is 0 Å². The highest BCUT2D eigenvalue weighted by Gasteiger charge is 2.32. The van der Waals surface area contributed by atoms with Crippen molar-refractivity contribution in [3.8, 4) is 0 Å². The Kier molecular flexibility index (Phi) is 5.95. The summed E-state index contributed by atoms with van der Waals surface area (Å²) in [6, 6.07) is 2.65. The van der Waals surface area contributed by atoms with Gasteiger partial charge in [-0.05, 0) is 47.0 Å². The maximum absolute atomic E-state index is 12.1. The van der Waals surface area contributed by atoms with E-state index in [-0.39, 0.29) is 0 Å². The first-order chi connectivity index (χ1) is 10.8. The van der Waals surface area contributed by atoms with Gasteiger partial charge < -0.3 is 10.0 Å². The Hall–Kier alpha value is -1.23. The van der Waals surface area contributed by atoms with Gasteiger partial charge in [0.1, 0.15) is 12.6 Å². The number of nitrogens with one attached hydrogen (secondary N) is 1. The number of rotatable bonds is 6. The Labute approximate surface area is 146 Å². The number of sulfonamides is 1. The number of hydrogen-bond acceptors (Lipinski definition) is 5. The maximum Gasteiger partial charge on any atom is 0.323 e. The standard InChI is InChI=1S/C13H15BrN2O5S2/c14-11-4-3-9(22-11)5-7-23(20,21)15-10-2-1-6-16(13(10)19)8-12(17)18/h3-5,7,10,15H,1-2,6,8H2,(H,17,18)/t10-/m0/s1. The fourth-order valence-corrected chi connectivity index (χ4v) is 4.61. The van der Waals surface area contributed by atoms with E-state index >= 15 is 0 Å². The Bertz CT molecular complexity index is 728. The van der Waals surface area contributed by atoms with Crippen LogP contribution in [0.15, 0.2) is 21.3 Å². The van der Waals surface area contributed by atoms with Crippen LogP contribution in [-0.4, -0.2) is 49.4 Å². The van der Waals surface area contributed by atoms with Crippen molar-refractivity contribution in [3.63, 3.8) is 0 Å². The summed E-state index contributed by atoms with van der Waals surface area (Å²) >= 11 is 4.67. The van der Waals surface area contributed by atoms with Gasteiger partial charge in [-0.2, -0.15) is 4.72 Å². The summed E-state index contributed by atoms with van der Waals surface area (Å²) < 4.78 is 27.3. The lowest BCUT2D eigenvalue weighted by atomic mass is 10.1. The monoisotopic (exact) mass is 422 g/mol. The number of carboxylic acid groups (broad SMARTS) is 1. The first-order valence-electron chi connectivity index (χ1n) is 6.73. The number of hydrogen-bond donors (Lipinski definition) is 2. The molecule has 23 heavy (non-hydrogen) atoms. The molecule has 1 saturated heterocycles. The average Bonchev–Trinajstić information content (AvgIpc) is 2.86. The highest BCUT2D eigenvalue weighted by molar-refractivity contribution is 9.11. The Morgan fingerprint density at radius 1 is 1.52 bits per heavy atom. The number of carbonyl (C=O) groups excluding carboxylic acids is 1. The van der Waals surface area contributed by atoms with E-state index in [0.717, 1.165) is 19.0 Å². The van der Waals surface area contributed by atoms with Crippen LogP contribution in [0, 0.1) is 0 Å². The summed E-state index contributed by atoms with van der Waals surface area (Å²) in [5.74, 6) is -1.63. The molecule has 0 unspecified atom stereocenters. The van der Waals surface area contributed by atoms with E-state index < -0.39 is 34.5 Å². The molecule has 1 atom stereocenters. The van der Waals surface area contributed by atoms with Gasteiger partial charge >= 0.3 is 5.97 Å². The fraction of sp³-hybridized carbons (Fsp3) is 0.385. The second-order valence-corrected chi connectivity index (χ2v) is 9.05. The quantitative estimate of drug-likeness (QED) is 0.722. The Balaban J connectivity index is 2.02. The molecule has 7 nitrogen and oxygen atoms in total. The van der Waals surface area contributed by atoms with Crippen molar-refractivity contribution in [2.24, 2.45) is 0 Å². The zero-order valence-corrected chi connectivity index (χ0v) is 15.2. The van der Waals surface area contributed by atoms with Crippen LogP contribution in [0.4, 0.5) is 0 Å². The number of thiophene rings is 1. The predicted molar refractivity (Wildman–Crippen MR) is 90.3 cm³/mol. The highest BCUT2D eigenvalue weighted by Crippen LogP contribution is 2.23. The number of piperidine rings is 1. The number of halogens is 1. The third-order valence-electron chi connectivity index (χ3n) is 3.17. The fourth-order valence-electron chi connectivity index (χ4n) is 2.18. The largest absolute Gasteiger partial charge is 0.480 e. The molecule has 126 valence electrons. The van der Waals surface area contributed by atoms with Crippen LogP contribution in [0.25, 0.3) is 6.08 Å². The molecule has 1 aromatic rings. The number of carbonyl (C=O) groups is 2. The molecule has 0 bridgehead atoms. The topological polar surface area (TPSA) is 104 Å². The lowest BCUT2D eigenvalue weighted by Crippen LogP contribution is -2.53. The van der Waals surface area contributed by atoms with Crippen LogP contribution in [0.3, 0.4) is 0 Å². The van der Waals surface area contributed by atoms with E-state index in [4.69, 9.17) is 5.11 Å². The average molecular weight is 423 g/mol. The maximum atomic E-state index is 12.1. The van der Waals surface area contributed by atoms with Crippen molar-refractivity contribution >= 4 is 55.2 Å². The third kappa shape index (κ3) is 5.41. The first kappa shape index (κ1) is 18.1. The summed E-state index contributed by atoms with van der Waals surface area (Å²) in [5.41, 5.74) is 0. The normalized spacial score (nSPS) is 19.4. The molecule has 0 radical (unpaired) electrons. The Morgan fingerprint density at radius 3 is 2.87 bits per heavy atom. The molecule has 1 aliphatic heterocycles. The summed E-state index contributed by atoms with van der Waals surface area (Å²) in [5, 5.41) is 9.78. The van der Waals surface area contributed by atoms with Gasteiger partial charge in [-0.25, -0.2) is 8.42 Å². The van der Waals surface area contributed by atoms with Crippen molar-refractivity contribution in [2.45, 2.75) is 18.9 Å². The van der Waals surface area contributed by atoms with Gasteiger partial charge in [0.2, 0.25) is 15.9 Å². The Morgan fingerprint density at radius 2 is 2.26 bits per heavy atom. The number of aliphatic carboxylic acids is 1. The van der Waals surface area contributed by atoms with E-state index in [1.165, 1.54) is 17.4 Å². The van der Waals surface area contributed by atoms with Crippen LogP contribution in [0.5, 0.6) is 0 Å². The van der Waals surface area contributed by atoms with Crippen LogP contribution in [-0.2, 0) is 19.6 Å². The molecular weight excluding hydrogens is 408 g/mol. The van der Waals surface area contributed by atoms with E-state index in [1.807, 2.05) is 0 Å². The summed E-state index contributed by atoms with van der Waals surface area (Å²) in [7, 11) is -3.79. The molecule has 2 rings (SSSR count). The van der Waals surface area contributed by atoms with Crippen molar-refractivity contribution < 1.29 is 23.1 Å². The molecule has 1 fully saturated rings. The molecule has 10 heteroatoms. The zero-order chi connectivity index (χ0) is 17.0. The minimum Gasteiger partial charge on any atom is -0.480 e. The minimum atomic E-state index is -3.79. The van der Waals surface area contributed by atoms with Crippen molar-refractivity contribution in [3.05, 3.63) is 26.2 Å². The number of amides is 1. The van der Waals surface area contributed by atoms with Crippen molar-refractivity contribution in [1.82, 2.24) is 9.62 Å². The van der Waals surface area contributed by atoms with Gasteiger partial charge in [0.05, 0.1) is 3.79 Å². The van der Waals surface area contributed by atoms with Crippen LogP contribution in [0.2, 0.25) is 0 Å². The summed E-state index contributed by atoms with van der Waals surface area (Å²) in [4.78, 5) is 24.7. The second-order valence-electron chi connectivity index (χ2n) is 4.96. The minimum absolute atomic E-state index is 0.322. The molecule has 2 heterocycles. The predicted octanol–water partition coefficient (Wildman–Crippen LogP) is 1.48. The molecule has 0 aliphatic carbocycles. The zero-order valence-electron chi connectivity index (χ0n) is 11.9. The number of nitrogens with zero attached hydrogens (tertiary/aromatic N) is 1. The third-order valence-corrected chi connectivity index (χ3v) is 5.87. The number of carboxylic acids is 1. The lowest BCUT2D eigenvalue weighted by Gasteiger charge is -2.31. The molecule has 1 aliphatic rings. The van der Waals surface area contributed by atoms with Gasteiger partial charge in [-0.1, -0.05) is 0 Å². The molecular formula is C13H15BrN2O5S2. The van der Waals surface area contributed by atoms with E-state index in [1.54, 1.807) is 12.1 Å². The van der Waals surface area contributed by atoms with Crippen LogP contribution in [0.1, 0.15) is 17.7 Å². The summed E-state index contributed by atoms with van der Waals surface area (Å²) in [6.07, 6.45) is 2.35. The molecule has 0 aromatic carbocycles. The first-order valence-corrected chi connectivity index (χ1v) is 9.89. The lowest BCUT2D eigenvalue weighted by molar-refractivity contribution is -0.146. The second kappa shape index (κ2) is 7.56. The summed E-state index contributed by atoms with van der Waals surface area (Å²) in [6.45, 7) is -0.0987. The molecule has 0 spiro atoms. The highest BCUT2D eigenvalue weighted by atomic mass is 79.9. The van der Waals surface area contributed by atoms with Gasteiger partial charge in [0, 0.05) is 16.8 Å². The SMILES string of the molecule is O=C(O)CN1CCC[C@H](NS(=O)(=O)C=Cc2ccc(Br)s2)C1=O. The van der Waals surface area contributed by atoms with Gasteiger partial charge in [0.25, 0.3) is 0 Å². The van der Waals surface area contributed by atoms with Crippen LogP contribution < -0.4 is 4.72 Å². The number of likely N-dealkylation sites (tertiary alicyclic amines) is 1. The van der Waals surface area contributed by atoms with Gasteiger partial charge in [-0.3, -0.25) is 9.59 Å². The molecule has 1 aromatic heterocycles. The van der Waals surface area contributed by atoms with Crippen molar-refractivity contribution in [2.75, 3.05) is 13.1 Å². The molecule has 1 amide bonds. The van der Waals surface area contributed by atoms with Gasteiger partial charge in [-0.15, -0.1) is 11.3 Å². The van der Waals surface area contributed by atoms with E-state index in [0.29, 0.717) is 19.4 Å². The van der Waals surface area contributed by atoms with Crippen LogP contribution >= 0.6 is 27.3 Å². The molecule has 2 N–H and O–H groups in total. The van der Waals surface area contributed by atoms with E-state index in [9.17, 15) is 18.0 Å². The molecule has 0 saturated carbocycles. The smallest absolute Gasteiger partial charge is 0.323 e. The van der Waals surface area contributed by atoms with E-state index in [2.05, 4.69) is 20.7 Å².